The van der Waals surface area contributed by atoms with E-state index >= 15 is 0 Å². The summed E-state index contributed by atoms with van der Waals surface area (Å²) in [5, 5.41) is 9.19. The molecule has 8 heteroatoms. The van der Waals surface area contributed by atoms with Crippen LogP contribution in [0.15, 0.2) is 0 Å². The molecule has 0 radical (unpaired) electrons. The minimum atomic E-state index is -4.51. The zero-order chi connectivity index (χ0) is 16.4. The van der Waals surface area contributed by atoms with Crippen LogP contribution < -0.4 is 0 Å². The molecule has 0 bridgehead atoms. The second-order valence-electron chi connectivity index (χ2n) is 5.80. The summed E-state index contributed by atoms with van der Waals surface area (Å²) in [5.41, 5.74) is 0. The van der Waals surface area contributed by atoms with Crippen LogP contribution in [0, 0.1) is 5.92 Å². The molecule has 1 aliphatic rings. The Kier molecular flexibility index (Phi) is 5.47. The van der Waals surface area contributed by atoms with Gasteiger partial charge in [-0.3, -0.25) is 0 Å². The Balaban J connectivity index is 2.93. The summed E-state index contributed by atoms with van der Waals surface area (Å²) < 4.78 is 37.7. The van der Waals surface area contributed by atoms with E-state index in [0.29, 0.717) is 11.3 Å². The van der Waals surface area contributed by atoms with E-state index in [1.54, 1.807) is 0 Å². The summed E-state index contributed by atoms with van der Waals surface area (Å²) >= 11 is 0. The average molecular weight is 310 g/mol. The number of hydrogen-bond acceptors (Lipinski definition) is 2. The number of piperidine rings is 1. The normalized spacial score (nSPS) is 23.3. The van der Waals surface area contributed by atoms with Gasteiger partial charge in [0.05, 0.1) is 0 Å². The summed E-state index contributed by atoms with van der Waals surface area (Å²) in [6.07, 6.45) is -3.66. The van der Waals surface area contributed by atoms with Gasteiger partial charge in [-0.2, -0.15) is 13.2 Å². The highest BCUT2D eigenvalue weighted by Gasteiger charge is 2.41. The molecule has 2 unspecified atom stereocenters. The molecule has 0 aliphatic carbocycles. The van der Waals surface area contributed by atoms with Crippen LogP contribution in [0.3, 0.4) is 0 Å². The highest BCUT2D eigenvalue weighted by Crippen LogP contribution is 2.26. The number of hydrogen-bond donors (Lipinski definition) is 1. The lowest BCUT2D eigenvalue weighted by Crippen LogP contribution is -2.57. The average Bonchev–Trinajstić information content (AvgIpc) is 2.33. The molecule has 0 spiro atoms. The lowest BCUT2D eigenvalue weighted by molar-refractivity contribution is -0.148. The van der Waals surface area contributed by atoms with Gasteiger partial charge in [-0.05, 0) is 32.6 Å². The van der Waals surface area contributed by atoms with Crippen molar-refractivity contribution in [3.05, 3.63) is 0 Å². The first-order valence-electron chi connectivity index (χ1n) is 6.89. The molecule has 1 fully saturated rings. The second-order valence-corrected chi connectivity index (χ2v) is 5.80. The highest BCUT2D eigenvalue weighted by atomic mass is 19.4. The minimum absolute atomic E-state index is 0.130. The number of urea groups is 1. The van der Waals surface area contributed by atoms with Crippen molar-refractivity contribution in [2.24, 2.45) is 5.92 Å². The first-order chi connectivity index (χ1) is 9.53. The highest BCUT2D eigenvalue weighted by molar-refractivity contribution is 5.83. The number of alkyl halides is 3. The van der Waals surface area contributed by atoms with Gasteiger partial charge in [0.15, 0.2) is 0 Å². The molecular weight excluding hydrogens is 289 g/mol. The molecule has 2 atom stereocenters. The van der Waals surface area contributed by atoms with Gasteiger partial charge < -0.3 is 14.9 Å². The van der Waals surface area contributed by atoms with E-state index in [9.17, 15) is 27.9 Å². The van der Waals surface area contributed by atoms with Crippen molar-refractivity contribution in [1.82, 2.24) is 9.80 Å². The maximum atomic E-state index is 12.6. The molecule has 0 saturated carbocycles. The Morgan fingerprint density at radius 2 is 1.95 bits per heavy atom. The third-order valence-corrected chi connectivity index (χ3v) is 3.61. The molecule has 2 amide bonds. The van der Waals surface area contributed by atoms with Gasteiger partial charge in [0.1, 0.15) is 12.6 Å². The molecule has 1 saturated heterocycles. The number of carboxylic acids is 1. The first kappa shape index (κ1) is 17.6. The van der Waals surface area contributed by atoms with Crippen LogP contribution in [0.1, 0.15) is 33.6 Å². The molecule has 21 heavy (non-hydrogen) atoms. The number of carboxylic acid groups (broad SMARTS) is 1. The number of nitrogens with zero attached hydrogens (tertiary/aromatic N) is 2. The van der Waals surface area contributed by atoms with Crippen LogP contribution in [-0.4, -0.2) is 58.3 Å². The van der Waals surface area contributed by atoms with E-state index in [0.717, 1.165) is 4.90 Å². The Labute approximate surface area is 121 Å². The van der Waals surface area contributed by atoms with E-state index in [1.807, 2.05) is 6.92 Å². The van der Waals surface area contributed by atoms with Crippen LogP contribution in [0.25, 0.3) is 0 Å². The minimum Gasteiger partial charge on any atom is -0.480 e. The number of rotatable bonds is 3. The van der Waals surface area contributed by atoms with Crippen LogP contribution in [0.5, 0.6) is 0 Å². The number of amides is 2. The van der Waals surface area contributed by atoms with Crippen LogP contribution in [-0.2, 0) is 4.79 Å². The first-order valence-corrected chi connectivity index (χ1v) is 6.89. The fraction of sp³-hybridized carbons (Fsp3) is 0.846. The quantitative estimate of drug-likeness (QED) is 0.871. The van der Waals surface area contributed by atoms with E-state index < -0.39 is 36.8 Å². The summed E-state index contributed by atoms with van der Waals surface area (Å²) in [5.74, 6) is -1.05. The number of carbonyl (C=O) groups excluding carboxylic acids is 1. The van der Waals surface area contributed by atoms with Crippen molar-refractivity contribution in [3.8, 4) is 0 Å². The lowest BCUT2D eigenvalue weighted by atomic mass is 9.92. The molecule has 0 aromatic rings. The Morgan fingerprint density at radius 1 is 1.38 bits per heavy atom. The van der Waals surface area contributed by atoms with E-state index in [4.69, 9.17) is 0 Å². The summed E-state index contributed by atoms with van der Waals surface area (Å²) in [6, 6.07) is -2.58. The fourth-order valence-electron chi connectivity index (χ4n) is 2.43. The van der Waals surface area contributed by atoms with E-state index in [-0.39, 0.29) is 18.9 Å². The zero-order valence-corrected chi connectivity index (χ0v) is 12.4. The lowest BCUT2D eigenvalue weighted by Gasteiger charge is -2.40. The van der Waals surface area contributed by atoms with Crippen molar-refractivity contribution < 1.29 is 27.9 Å². The van der Waals surface area contributed by atoms with E-state index in [1.165, 1.54) is 13.8 Å². The molecule has 0 aromatic carbocycles. The van der Waals surface area contributed by atoms with Crippen LogP contribution >= 0.6 is 0 Å². The van der Waals surface area contributed by atoms with Gasteiger partial charge in [0.2, 0.25) is 0 Å². The SMILES string of the molecule is CC1CCN(C(=O)N(CC(F)(F)F)C(C)C)C(C(=O)O)C1. The van der Waals surface area contributed by atoms with Gasteiger partial charge in [0.25, 0.3) is 0 Å². The monoisotopic (exact) mass is 310 g/mol. The predicted molar refractivity (Wildman–Crippen MR) is 69.8 cm³/mol. The van der Waals surface area contributed by atoms with Gasteiger partial charge in [0, 0.05) is 12.6 Å². The summed E-state index contributed by atoms with van der Waals surface area (Å²) in [6.45, 7) is 3.62. The molecule has 1 heterocycles. The molecule has 1 aliphatic heterocycles. The van der Waals surface area contributed by atoms with Gasteiger partial charge in [-0.25, -0.2) is 9.59 Å². The summed E-state index contributed by atoms with van der Waals surface area (Å²) in [4.78, 5) is 25.3. The predicted octanol–water partition coefficient (Wildman–Crippen LogP) is 2.56. The van der Waals surface area contributed by atoms with Gasteiger partial charge >= 0.3 is 18.2 Å². The van der Waals surface area contributed by atoms with Gasteiger partial charge in [-0.15, -0.1) is 0 Å². The van der Waals surface area contributed by atoms with Crippen LogP contribution in [0.4, 0.5) is 18.0 Å². The van der Waals surface area contributed by atoms with Crippen molar-refractivity contribution in [2.45, 2.75) is 51.9 Å². The Hall–Kier alpha value is -1.47. The molecule has 5 nitrogen and oxygen atoms in total. The van der Waals surface area contributed by atoms with Crippen LogP contribution in [0.2, 0.25) is 0 Å². The maximum Gasteiger partial charge on any atom is 0.406 e. The Morgan fingerprint density at radius 3 is 2.38 bits per heavy atom. The largest absolute Gasteiger partial charge is 0.480 e. The van der Waals surface area contributed by atoms with Crippen molar-refractivity contribution in [3.63, 3.8) is 0 Å². The zero-order valence-electron chi connectivity index (χ0n) is 12.4. The number of halogens is 3. The molecule has 1 rings (SSSR count). The number of aliphatic carboxylic acids is 1. The smallest absolute Gasteiger partial charge is 0.406 e. The van der Waals surface area contributed by atoms with E-state index in [2.05, 4.69) is 0 Å². The maximum absolute atomic E-state index is 12.6. The molecule has 122 valence electrons. The van der Waals surface area contributed by atoms with Crippen molar-refractivity contribution in [1.29, 1.82) is 0 Å². The topological polar surface area (TPSA) is 60.9 Å². The third kappa shape index (κ3) is 4.78. The second kappa shape index (κ2) is 6.53. The number of carbonyl (C=O) groups is 2. The molecular formula is C13H21F3N2O3. The van der Waals surface area contributed by atoms with Gasteiger partial charge in [-0.1, -0.05) is 6.92 Å². The third-order valence-electron chi connectivity index (χ3n) is 3.61. The Bertz CT molecular complexity index is 399. The van der Waals surface area contributed by atoms with Crippen molar-refractivity contribution >= 4 is 12.0 Å². The summed E-state index contributed by atoms with van der Waals surface area (Å²) in [7, 11) is 0. The standard InChI is InChI=1S/C13H21F3N2O3/c1-8(2)18(7-13(14,15)16)12(21)17-5-4-9(3)6-10(17)11(19)20/h8-10H,4-7H2,1-3H3,(H,19,20). The van der Waals surface area contributed by atoms with Crippen molar-refractivity contribution in [2.75, 3.05) is 13.1 Å². The fourth-order valence-corrected chi connectivity index (χ4v) is 2.43. The molecule has 0 aromatic heterocycles. The molecule has 1 N–H and O–H groups in total. The number of likely N-dealkylation sites (tertiary alicyclic amines) is 1.